The molecule has 1 saturated carbocycles. The fourth-order valence-electron chi connectivity index (χ4n) is 4.00. The Morgan fingerprint density at radius 2 is 1.69 bits per heavy atom. The number of halogens is 4. The first-order valence-corrected chi connectivity index (χ1v) is 12.5. The SMILES string of the molecule is CC(=O)Nc1c(Cl)cc(Cl)c(F)c1C(=O)N(Cc1ccc(C2CC2)cc1)C[C@H](O)c1ccc(Cl)cc1. The van der Waals surface area contributed by atoms with Crippen molar-refractivity contribution in [3.8, 4) is 0 Å². The number of nitrogens with zero attached hydrogens (tertiary/aromatic N) is 1. The van der Waals surface area contributed by atoms with E-state index in [9.17, 15) is 14.7 Å². The van der Waals surface area contributed by atoms with Crippen LogP contribution in [0.2, 0.25) is 15.1 Å². The number of rotatable bonds is 8. The number of amides is 2. The van der Waals surface area contributed by atoms with E-state index in [2.05, 4.69) is 5.32 Å². The minimum Gasteiger partial charge on any atom is -0.387 e. The zero-order chi connectivity index (χ0) is 26.0. The molecule has 0 aliphatic heterocycles. The topological polar surface area (TPSA) is 69.6 Å². The monoisotopic (exact) mass is 548 g/mol. The van der Waals surface area contributed by atoms with Gasteiger partial charge < -0.3 is 15.3 Å². The molecule has 0 spiro atoms. The van der Waals surface area contributed by atoms with E-state index >= 15 is 4.39 Å². The molecule has 0 heterocycles. The molecule has 0 bridgehead atoms. The van der Waals surface area contributed by atoms with Gasteiger partial charge in [0.25, 0.3) is 5.91 Å². The lowest BCUT2D eigenvalue weighted by Gasteiger charge is -2.27. The van der Waals surface area contributed by atoms with Crippen molar-refractivity contribution in [1.82, 2.24) is 4.90 Å². The van der Waals surface area contributed by atoms with E-state index in [4.69, 9.17) is 34.8 Å². The molecule has 0 aromatic heterocycles. The Bertz CT molecular complexity index is 1280. The lowest BCUT2D eigenvalue weighted by Crippen LogP contribution is -2.35. The largest absolute Gasteiger partial charge is 0.387 e. The van der Waals surface area contributed by atoms with E-state index in [1.54, 1.807) is 24.3 Å². The van der Waals surface area contributed by atoms with E-state index in [1.807, 2.05) is 24.3 Å². The first-order valence-electron chi connectivity index (χ1n) is 11.4. The molecule has 188 valence electrons. The number of nitrogens with one attached hydrogen (secondary N) is 1. The second-order valence-electron chi connectivity index (χ2n) is 8.85. The van der Waals surface area contributed by atoms with Crippen molar-refractivity contribution < 1.29 is 19.1 Å². The van der Waals surface area contributed by atoms with Crippen LogP contribution < -0.4 is 5.32 Å². The summed E-state index contributed by atoms with van der Waals surface area (Å²) in [5.74, 6) is -1.74. The maximum absolute atomic E-state index is 15.2. The second-order valence-corrected chi connectivity index (χ2v) is 10.1. The summed E-state index contributed by atoms with van der Waals surface area (Å²) in [6.45, 7) is 1.14. The van der Waals surface area contributed by atoms with Gasteiger partial charge in [0.05, 0.1) is 28.4 Å². The molecule has 36 heavy (non-hydrogen) atoms. The van der Waals surface area contributed by atoms with E-state index in [-0.39, 0.29) is 28.8 Å². The average molecular weight is 550 g/mol. The summed E-state index contributed by atoms with van der Waals surface area (Å²) >= 11 is 18.2. The molecule has 4 rings (SSSR count). The highest BCUT2D eigenvalue weighted by Gasteiger charge is 2.29. The van der Waals surface area contributed by atoms with Gasteiger partial charge in [-0.15, -0.1) is 0 Å². The van der Waals surface area contributed by atoms with Gasteiger partial charge in [-0.05, 0) is 53.6 Å². The number of aliphatic hydroxyl groups excluding tert-OH is 1. The van der Waals surface area contributed by atoms with Gasteiger partial charge >= 0.3 is 0 Å². The number of aliphatic hydroxyl groups is 1. The summed E-state index contributed by atoms with van der Waals surface area (Å²) in [5.41, 5.74) is 1.92. The number of benzene rings is 3. The average Bonchev–Trinajstić information content (AvgIpc) is 3.68. The Hall–Kier alpha value is -2.64. The van der Waals surface area contributed by atoms with Crippen LogP contribution in [0.15, 0.2) is 54.6 Å². The van der Waals surface area contributed by atoms with Gasteiger partial charge in [0.1, 0.15) is 5.56 Å². The first kappa shape index (κ1) is 26.4. The van der Waals surface area contributed by atoms with Gasteiger partial charge in [-0.2, -0.15) is 0 Å². The zero-order valence-corrected chi connectivity index (χ0v) is 21.7. The summed E-state index contributed by atoms with van der Waals surface area (Å²) in [5, 5.41) is 13.4. The molecule has 2 amide bonds. The third kappa shape index (κ3) is 6.19. The van der Waals surface area contributed by atoms with E-state index in [0.29, 0.717) is 16.5 Å². The predicted octanol–water partition coefficient (Wildman–Crippen LogP) is 7.00. The Labute approximate surface area is 223 Å². The van der Waals surface area contributed by atoms with E-state index in [1.165, 1.54) is 17.4 Å². The van der Waals surface area contributed by atoms with E-state index < -0.39 is 29.3 Å². The Kier molecular flexibility index (Phi) is 8.20. The molecule has 1 aliphatic carbocycles. The summed E-state index contributed by atoms with van der Waals surface area (Å²) in [7, 11) is 0. The Morgan fingerprint density at radius 3 is 2.28 bits per heavy atom. The lowest BCUT2D eigenvalue weighted by molar-refractivity contribution is -0.114. The van der Waals surface area contributed by atoms with Crippen LogP contribution >= 0.6 is 34.8 Å². The van der Waals surface area contributed by atoms with Gasteiger partial charge in [-0.25, -0.2) is 4.39 Å². The highest BCUT2D eigenvalue weighted by Crippen LogP contribution is 2.40. The molecule has 5 nitrogen and oxygen atoms in total. The summed E-state index contributed by atoms with van der Waals surface area (Å²) in [6, 6.07) is 15.6. The molecule has 2 N–H and O–H groups in total. The van der Waals surface area contributed by atoms with Crippen LogP contribution in [0.5, 0.6) is 0 Å². The normalized spacial score (nSPS) is 13.8. The van der Waals surface area contributed by atoms with Crippen LogP contribution in [0.4, 0.5) is 10.1 Å². The summed E-state index contributed by atoms with van der Waals surface area (Å²) in [6.07, 6.45) is 1.24. The van der Waals surface area contributed by atoms with Gasteiger partial charge in [0.15, 0.2) is 5.82 Å². The van der Waals surface area contributed by atoms with Crippen LogP contribution in [0.3, 0.4) is 0 Å². The fraction of sp³-hybridized carbons (Fsp3) is 0.259. The van der Waals surface area contributed by atoms with Gasteiger partial charge in [0, 0.05) is 18.5 Å². The van der Waals surface area contributed by atoms with Crippen LogP contribution in [-0.4, -0.2) is 28.4 Å². The third-order valence-corrected chi connectivity index (χ3v) is 6.85. The highest BCUT2D eigenvalue weighted by molar-refractivity contribution is 6.38. The molecule has 1 atom stereocenters. The molecule has 1 fully saturated rings. The van der Waals surface area contributed by atoms with Crippen molar-refractivity contribution in [2.45, 2.75) is 38.3 Å². The molecular formula is C27H24Cl3FN2O3. The standard InChI is InChI=1S/C27H24Cl3FN2O3/c1-15(34)32-26-22(30)12-21(29)25(31)24(26)27(36)33(14-23(35)19-8-10-20(28)11-9-19)13-16-2-4-17(5-3-16)18-6-7-18/h2-5,8-12,18,23,35H,6-7,13-14H2,1H3,(H,32,34)/t23-/m0/s1. The third-order valence-electron chi connectivity index (χ3n) is 6.02. The molecule has 0 saturated heterocycles. The lowest BCUT2D eigenvalue weighted by atomic mass is 10.0. The maximum atomic E-state index is 15.2. The molecule has 1 aliphatic rings. The van der Waals surface area contributed by atoms with Crippen molar-refractivity contribution in [2.75, 3.05) is 11.9 Å². The van der Waals surface area contributed by atoms with Gasteiger partial charge in [-0.3, -0.25) is 9.59 Å². The van der Waals surface area contributed by atoms with Crippen LogP contribution in [-0.2, 0) is 11.3 Å². The van der Waals surface area contributed by atoms with Crippen molar-refractivity contribution in [3.05, 3.63) is 97.7 Å². The molecule has 3 aromatic rings. The predicted molar refractivity (Wildman–Crippen MR) is 140 cm³/mol. The van der Waals surface area contributed by atoms with Crippen LogP contribution in [0, 0.1) is 5.82 Å². The van der Waals surface area contributed by atoms with Crippen molar-refractivity contribution >= 4 is 52.3 Å². The van der Waals surface area contributed by atoms with Crippen LogP contribution in [0.25, 0.3) is 0 Å². The van der Waals surface area contributed by atoms with Gasteiger partial charge in [0.2, 0.25) is 5.91 Å². The minimum absolute atomic E-state index is 0.0769. The number of anilines is 1. The molecule has 3 aromatic carbocycles. The number of hydrogen-bond donors (Lipinski definition) is 2. The summed E-state index contributed by atoms with van der Waals surface area (Å²) in [4.78, 5) is 26.9. The van der Waals surface area contributed by atoms with Crippen molar-refractivity contribution in [1.29, 1.82) is 0 Å². The molecular weight excluding hydrogens is 526 g/mol. The maximum Gasteiger partial charge on any atom is 0.259 e. The quantitative estimate of drug-likeness (QED) is 0.297. The Morgan fingerprint density at radius 1 is 1.06 bits per heavy atom. The zero-order valence-electron chi connectivity index (χ0n) is 19.4. The van der Waals surface area contributed by atoms with Crippen LogP contribution in [0.1, 0.15) is 58.8 Å². The van der Waals surface area contributed by atoms with E-state index in [0.717, 1.165) is 24.5 Å². The van der Waals surface area contributed by atoms with Crippen molar-refractivity contribution in [2.24, 2.45) is 0 Å². The molecule has 9 heteroatoms. The number of hydrogen-bond acceptors (Lipinski definition) is 3. The Balaban J connectivity index is 1.70. The molecule has 0 unspecified atom stereocenters. The molecule has 0 radical (unpaired) electrons. The van der Waals surface area contributed by atoms with Gasteiger partial charge in [-0.1, -0.05) is 71.2 Å². The van der Waals surface area contributed by atoms with Crippen molar-refractivity contribution in [3.63, 3.8) is 0 Å². The second kappa shape index (κ2) is 11.2. The summed E-state index contributed by atoms with van der Waals surface area (Å²) < 4.78 is 15.2. The number of carbonyl (C=O) groups excluding carboxylic acids is 2. The fourth-order valence-corrected chi connectivity index (χ4v) is 4.64. The minimum atomic E-state index is -1.08. The smallest absolute Gasteiger partial charge is 0.259 e. The highest BCUT2D eigenvalue weighted by atomic mass is 35.5. The first-order chi connectivity index (χ1) is 17.1. The number of carbonyl (C=O) groups is 2.